The minimum atomic E-state index is -4.73. The molecule has 0 N–H and O–H groups in total. The predicted molar refractivity (Wildman–Crippen MR) is 104 cm³/mol. The van der Waals surface area contributed by atoms with Gasteiger partial charge in [0.15, 0.2) is 11.5 Å². The molecule has 2 aromatic heterocycles. The number of halogens is 5. The number of aliphatic imine (C=N–C) groups is 1. The Kier molecular flexibility index (Phi) is 5.71. The molecule has 0 aliphatic heterocycles. The average Bonchev–Trinajstić information content (AvgIpc) is 2.99. The van der Waals surface area contributed by atoms with E-state index in [9.17, 15) is 13.2 Å². The second kappa shape index (κ2) is 7.88. The summed E-state index contributed by atoms with van der Waals surface area (Å²) in [7, 11) is 3.40. The first kappa shape index (κ1) is 20.3. The Labute approximate surface area is 171 Å². The number of alkyl halides is 3. The van der Waals surface area contributed by atoms with E-state index in [2.05, 4.69) is 36.0 Å². The minimum Gasteiger partial charge on any atom is -0.369 e. The van der Waals surface area contributed by atoms with Gasteiger partial charge in [-0.1, -0.05) is 27.5 Å². The van der Waals surface area contributed by atoms with Crippen molar-refractivity contribution in [1.29, 1.82) is 0 Å². The molecule has 3 rings (SSSR count). The minimum absolute atomic E-state index is 0.0359. The molecule has 11 heteroatoms. The van der Waals surface area contributed by atoms with Crippen LogP contribution in [0.4, 0.5) is 19.0 Å². The summed E-state index contributed by atoms with van der Waals surface area (Å²) in [5.74, 6) is -0.104. The maximum atomic E-state index is 13.8. The Hall–Kier alpha value is -2.46. The molecule has 0 fully saturated rings. The van der Waals surface area contributed by atoms with Gasteiger partial charge in [0.05, 0.1) is 11.9 Å². The van der Waals surface area contributed by atoms with Crippen LogP contribution in [0.5, 0.6) is 0 Å². The van der Waals surface area contributed by atoms with Gasteiger partial charge in [0.2, 0.25) is 0 Å². The molecule has 2 heterocycles. The second-order valence-electron chi connectivity index (χ2n) is 5.87. The Balaban J connectivity index is 2.38. The van der Waals surface area contributed by atoms with Crippen molar-refractivity contribution < 1.29 is 13.2 Å². The van der Waals surface area contributed by atoms with Crippen LogP contribution in [-0.4, -0.2) is 45.1 Å². The van der Waals surface area contributed by atoms with E-state index in [1.165, 1.54) is 30.9 Å². The SMILES string of the molecule is CN(C)C=Nc1c(-c2cc(Cl)cc(Br)c2)c(C(F)(F)F)nn1-c1ncccn1. The molecule has 0 bridgehead atoms. The van der Waals surface area contributed by atoms with Crippen LogP contribution in [0.25, 0.3) is 17.1 Å². The fourth-order valence-corrected chi connectivity index (χ4v) is 3.26. The summed E-state index contributed by atoms with van der Waals surface area (Å²) in [4.78, 5) is 13.8. The average molecular weight is 474 g/mol. The molecule has 0 spiro atoms. The monoisotopic (exact) mass is 472 g/mol. The van der Waals surface area contributed by atoms with Gasteiger partial charge < -0.3 is 4.90 Å². The fourth-order valence-electron chi connectivity index (χ4n) is 2.40. The lowest BCUT2D eigenvalue weighted by Crippen LogP contribution is -2.09. The summed E-state index contributed by atoms with van der Waals surface area (Å²) in [6.07, 6.45) is -0.537. The molecule has 3 aromatic rings. The topological polar surface area (TPSA) is 59.2 Å². The predicted octanol–water partition coefficient (Wildman–Crippen LogP) is 4.99. The van der Waals surface area contributed by atoms with Crippen molar-refractivity contribution in [2.75, 3.05) is 14.1 Å². The summed E-state index contributed by atoms with van der Waals surface area (Å²) < 4.78 is 42.9. The molecule has 0 aliphatic carbocycles. The first-order valence-corrected chi connectivity index (χ1v) is 8.98. The van der Waals surface area contributed by atoms with Gasteiger partial charge in [-0.15, -0.1) is 0 Å². The van der Waals surface area contributed by atoms with Gasteiger partial charge in [-0.2, -0.15) is 23.0 Å². The maximum Gasteiger partial charge on any atom is 0.435 e. The summed E-state index contributed by atoms with van der Waals surface area (Å²) in [6.45, 7) is 0. The Morgan fingerprint density at radius 1 is 1.18 bits per heavy atom. The van der Waals surface area contributed by atoms with Crippen molar-refractivity contribution in [3.8, 4) is 17.1 Å². The zero-order valence-corrected chi connectivity index (χ0v) is 17.0. The van der Waals surface area contributed by atoms with Gasteiger partial charge in [-0.3, -0.25) is 0 Å². The lowest BCUT2D eigenvalue weighted by Gasteiger charge is -2.09. The van der Waals surface area contributed by atoms with Gasteiger partial charge >= 0.3 is 6.18 Å². The molecular weight excluding hydrogens is 461 g/mol. The maximum absolute atomic E-state index is 13.8. The van der Waals surface area contributed by atoms with Gasteiger partial charge in [0.1, 0.15) is 0 Å². The van der Waals surface area contributed by atoms with E-state index < -0.39 is 11.9 Å². The van der Waals surface area contributed by atoms with Crippen molar-refractivity contribution >= 4 is 39.7 Å². The third-order valence-corrected chi connectivity index (χ3v) is 4.11. The van der Waals surface area contributed by atoms with Crippen molar-refractivity contribution in [3.63, 3.8) is 0 Å². The van der Waals surface area contributed by atoms with Crippen LogP contribution in [0, 0.1) is 0 Å². The highest BCUT2D eigenvalue weighted by atomic mass is 79.9. The molecule has 0 atom stereocenters. The highest BCUT2D eigenvalue weighted by Crippen LogP contribution is 2.43. The molecule has 0 radical (unpaired) electrons. The lowest BCUT2D eigenvalue weighted by atomic mass is 10.1. The molecule has 0 amide bonds. The van der Waals surface area contributed by atoms with Crippen LogP contribution >= 0.6 is 27.5 Å². The molecule has 6 nitrogen and oxygen atoms in total. The number of hydrogen-bond acceptors (Lipinski definition) is 4. The molecule has 1 aromatic carbocycles. The number of benzene rings is 1. The van der Waals surface area contributed by atoms with E-state index in [1.54, 1.807) is 31.1 Å². The second-order valence-corrected chi connectivity index (χ2v) is 7.22. The summed E-state index contributed by atoms with van der Waals surface area (Å²) in [5.41, 5.74) is -1.12. The Bertz CT molecular complexity index is 997. The number of nitrogens with zero attached hydrogens (tertiary/aromatic N) is 6. The normalized spacial score (nSPS) is 12.0. The first-order chi connectivity index (χ1) is 13.2. The fraction of sp³-hybridized carbons (Fsp3) is 0.176. The van der Waals surface area contributed by atoms with E-state index in [-0.39, 0.29) is 27.9 Å². The van der Waals surface area contributed by atoms with Crippen LogP contribution in [-0.2, 0) is 6.18 Å². The summed E-state index contributed by atoms with van der Waals surface area (Å²) in [5, 5.41) is 4.01. The van der Waals surface area contributed by atoms with Crippen molar-refractivity contribution in [3.05, 3.63) is 51.8 Å². The van der Waals surface area contributed by atoms with E-state index in [1.807, 2.05) is 0 Å². The van der Waals surface area contributed by atoms with Crippen LogP contribution in [0.3, 0.4) is 0 Å². The Morgan fingerprint density at radius 2 is 1.86 bits per heavy atom. The van der Waals surface area contributed by atoms with E-state index in [4.69, 9.17) is 11.6 Å². The van der Waals surface area contributed by atoms with Crippen LogP contribution < -0.4 is 0 Å². The lowest BCUT2D eigenvalue weighted by molar-refractivity contribution is -0.140. The van der Waals surface area contributed by atoms with E-state index in [0.29, 0.717) is 4.47 Å². The van der Waals surface area contributed by atoms with Crippen LogP contribution in [0.15, 0.2) is 46.1 Å². The van der Waals surface area contributed by atoms with E-state index in [0.717, 1.165) is 4.68 Å². The van der Waals surface area contributed by atoms with Gasteiger partial charge in [-0.25, -0.2) is 15.0 Å². The van der Waals surface area contributed by atoms with Crippen molar-refractivity contribution in [2.24, 2.45) is 4.99 Å². The van der Waals surface area contributed by atoms with Gasteiger partial charge in [0.25, 0.3) is 5.95 Å². The third-order valence-electron chi connectivity index (χ3n) is 3.43. The highest BCUT2D eigenvalue weighted by Gasteiger charge is 2.40. The van der Waals surface area contributed by atoms with Crippen molar-refractivity contribution in [1.82, 2.24) is 24.6 Å². The first-order valence-electron chi connectivity index (χ1n) is 7.81. The zero-order chi connectivity index (χ0) is 20.5. The zero-order valence-electron chi connectivity index (χ0n) is 14.6. The molecule has 0 saturated heterocycles. The quantitative estimate of drug-likeness (QED) is 0.396. The van der Waals surface area contributed by atoms with Gasteiger partial charge in [-0.05, 0) is 29.8 Å². The standard InChI is InChI=1S/C17H13BrClF3N6/c1-27(2)9-25-15-13(10-6-11(18)8-12(19)7-10)14(17(20,21)22)26-28(15)16-23-4-3-5-24-16/h3-9H,1-2H3. The van der Waals surface area contributed by atoms with Gasteiger partial charge in [0, 0.05) is 36.0 Å². The van der Waals surface area contributed by atoms with E-state index >= 15 is 0 Å². The number of aromatic nitrogens is 4. The van der Waals surface area contributed by atoms with Crippen molar-refractivity contribution in [2.45, 2.75) is 6.18 Å². The summed E-state index contributed by atoms with van der Waals surface area (Å²) >= 11 is 9.32. The number of rotatable bonds is 4. The number of hydrogen-bond donors (Lipinski definition) is 0. The molecular formula is C17H13BrClF3N6. The third kappa shape index (κ3) is 4.33. The molecule has 0 unspecified atom stereocenters. The van der Waals surface area contributed by atoms with Crippen LogP contribution in [0.1, 0.15) is 5.69 Å². The molecule has 28 heavy (non-hydrogen) atoms. The smallest absolute Gasteiger partial charge is 0.369 e. The van der Waals surface area contributed by atoms with Crippen LogP contribution in [0.2, 0.25) is 5.02 Å². The molecule has 146 valence electrons. The Morgan fingerprint density at radius 3 is 2.43 bits per heavy atom. The molecule has 0 aliphatic rings. The summed E-state index contributed by atoms with van der Waals surface area (Å²) in [6, 6.07) is 6.06. The largest absolute Gasteiger partial charge is 0.435 e. The highest BCUT2D eigenvalue weighted by molar-refractivity contribution is 9.10. The molecule has 0 saturated carbocycles.